The van der Waals surface area contributed by atoms with Gasteiger partial charge in [-0.15, -0.1) is 0 Å². The van der Waals surface area contributed by atoms with Gasteiger partial charge in [0, 0.05) is 11.6 Å². The van der Waals surface area contributed by atoms with Gasteiger partial charge >= 0.3 is 0 Å². The van der Waals surface area contributed by atoms with Crippen LogP contribution in [0, 0.1) is 11.8 Å². The summed E-state index contributed by atoms with van der Waals surface area (Å²) in [6, 6.07) is 23.1. The van der Waals surface area contributed by atoms with Crippen LogP contribution in [0.25, 0.3) is 16.8 Å². The van der Waals surface area contributed by atoms with Gasteiger partial charge in [-0.3, -0.25) is 14.4 Å². The fraction of sp³-hybridized carbons (Fsp3) is 0.138. The number of anilines is 1. The predicted octanol–water partition coefficient (Wildman–Crippen LogP) is 4.83. The van der Waals surface area contributed by atoms with Crippen LogP contribution in [-0.4, -0.2) is 28.5 Å². The van der Waals surface area contributed by atoms with Crippen LogP contribution in [-0.2, 0) is 9.59 Å². The minimum absolute atomic E-state index is 0.186. The third-order valence-electron chi connectivity index (χ3n) is 7.50. The summed E-state index contributed by atoms with van der Waals surface area (Å²) in [6.07, 6.45) is 5.23. The highest BCUT2D eigenvalue weighted by atomic mass is 16.3. The number of carbonyl (C=O) groups excluding carboxylic acids is 3. The number of Topliss-reactive ketones (excluding diaryl/α,β-unsaturated/α-hetero) is 1. The molecule has 4 heterocycles. The normalized spacial score (nSPS) is 24.6. The van der Waals surface area contributed by atoms with E-state index in [0.29, 0.717) is 5.69 Å². The van der Waals surface area contributed by atoms with Crippen molar-refractivity contribution in [2.75, 3.05) is 4.90 Å². The Hall–Kier alpha value is -4.45. The van der Waals surface area contributed by atoms with Crippen LogP contribution in [0.15, 0.2) is 95.7 Å². The number of nitrogens with zero attached hydrogens (tertiary/aromatic N) is 2. The standard InChI is InChI=1S/C29H20N2O4/c32-27(22-13-6-16-35-22)26-24-23(25-20-11-4-2-8-18(20)14-15-30(25)26)28(33)31(29(24)34)21-12-5-9-17-7-1-3-10-19(17)21/h1-16,23-26H/t23-,24-,25+,26+/m1/s1. The highest BCUT2D eigenvalue weighted by Crippen LogP contribution is 2.54. The summed E-state index contributed by atoms with van der Waals surface area (Å²) in [7, 11) is 0. The molecule has 0 radical (unpaired) electrons. The number of fused-ring (bicyclic) bond motifs is 6. The fourth-order valence-electron chi connectivity index (χ4n) is 6.06. The number of rotatable bonds is 3. The zero-order valence-corrected chi connectivity index (χ0v) is 18.6. The summed E-state index contributed by atoms with van der Waals surface area (Å²) >= 11 is 0. The molecule has 2 amide bonds. The van der Waals surface area contributed by atoms with E-state index in [0.717, 1.165) is 21.9 Å². The minimum atomic E-state index is -0.836. The van der Waals surface area contributed by atoms with Crippen molar-refractivity contribution in [1.29, 1.82) is 0 Å². The Morgan fingerprint density at radius 2 is 1.57 bits per heavy atom. The van der Waals surface area contributed by atoms with E-state index in [9.17, 15) is 14.4 Å². The van der Waals surface area contributed by atoms with Crippen LogP contribution in [0.3, 0.4) is 0 Å². The third kappa shape index (κ3) is 2.68. The van der Waals surface area contributed by atoms with Crippen LogP contribution in [0.5, 0.6) is 0 Å². The van der Waals surface area contributed by atoms with Crippen molar-refractivity contribution in [2.24, 2.45) is 11.8 Å². The first-order valence-electron chi connectivity index (χ1n) is 11.6. The molecule has 0 bridgehead atoms. The van der Waals surface area contributed by atoms with E-state index in [2.05, 4.69) is 0 Å². The highest BCUT2D eigenvalue weighted by molar-refractivity contribution is 6.27. The predicted molar refractivity (Wildman–Crippen MR) is 130 cm³/mol. The maximum Gasteiger partial charge on any atom is 0.240 e. The molecule has 3 aromatic carbocycles. The molecule has 0 saturated carbocycles. The Balaban J connectivity index is 1.41. The van der Waals surface area contributed by atoms with Crippen LogP contribution in [0.1, 0.15) is 27.7 Å². The average Bonchev–Trinajstić information content (AvgIpc) is 3.60. The molecule has 0 unspecified atom stereocenters. The van der Waals surface area contributed by atoms with Crippen LogP contribution >= 0.6 is 0 Å². The molecule has 7 rings (SSSR count). The monoisotopic (exact) mass is 460 g/mol. The first-order valence-corrected chi connectivity index (χ1v) is 11.6. The summed E-state index contributed by atoms with van der Waals surface area (Å²) in [5, 5.41) is 1.77. The number of carbonyl (C=O) groups is 3. The summed E-state index contributed by atoms with van der Waals surface area (Å²) in [5.74, 6) is -2.23. The SMILES string of the molecule is O=C(c1ccco1)[C@@H]1[C@@H]2C(=O)N(c3cccc4ccccc34)C(=O)[C@H]2[C@@H]2c3ccccc3C=CN12. The van der Waals surface area contributed by atoms with Gasteiger partial charge in [0.05, 0.1) is 29.8 Å². The molecule has 0 N–H and O–H groups in total. The average molecular weight is 460 g/mol. The van der Waals surface area contributed by atoms with Gasteiger partial charge in [-0.1, -0.05) is 60.7 Å². The zero-order chi connectivity index (χ0) is 23.7. The smallest absolute Gasteiger partial charge is 0.240 e. The third-order valence-corrected chi connectivity index (χ3v) is 7.50. The molecule has 4 atom stereocenters. The van der Waals surface area contributed by atoms with E-state index in [1.807, 2.05) is 77.8 Å². The topological polar surface area (TPSA) is 70.8 Å². The largest absolute Gasteiger partial charge is 0.461 e. The van der Waals surface area contributed by atoms with Crippen molar-refractivity contribution in [3.05, 3.63) is 108 Å². The molecular weight excluding hydrogens is 440 g/mol. The maximum absolute atomic E-state index is 14.1. The molecule has 2 fully saturated rings. The number of hydrogen-bond donors (Lipinski definition) is 0. The number of ketones is 1. The van der Waals surface area contributed by atoms with Gasteiger partial charge in [0.1, 0.15) is 6.04 Å². The lowest BCUT2D eigenvalue weighted by molar-refractivity contribution is -0.123. The molecule has 6 heteroatoms. The summed E-state index contributed by atoms with van der Waals surface area (Å²) in [4.78, 5) is 45.0. The number of amides is 2. The Morgan fingerprint density at radius 3 is 2.43 bits per heavy atom. The van der Waals surface area contributed by atoms with Gasteiger partial charge in [-0.05, 0) is 40.8 Å². The van der Waals surface area contributed by atoms with Gasteiger partial charge < -0.3 is 9.32 Å². The first kappa shape index (κ1) is 20.0. The Bertz CT molecular complexity index is 1550. The van der Waals surface area contributed by atoms with Gasteiger partial charge in [-0.2, -0.15) is 0 Å². The lowest BCUT2D eigenvalue weighted by Crippen LogP contribution is -2.44. The van der Waals surface area contributed by atoms with Crippen molar-refractivity contribution in [2.45, 2.75) is 12.1 Å². The minimum Gasteiger partial charge on any atom is -0.461 e. The van der Waals surface area contributed by atoms with Gasteiger partial charge in [0.2, 0.25) is 17.6 Å². The molecule has 0 spiro atoms. The Labute approximate surface area is 201 Å². The molecule has 3 aliphatic heterocycles. The Kier molecular flexibility index (Phi) is 4.15. The van der Waals surface area contributed by atoms with Crippen LogP contribution < -0.4 is 4.90 Å². The van der Waals surface area contributed by atoms with Gasteiger partial charge in [-0.25, -0.2) is 4.90 Å². The number of furan rings is 1. The molecule has 6 nitrogen and oxygen atoms in total. The van der Waals surface area contributed by atoms with Crippen LogP contribution in [0.2, 0.25) is 0 Å². The summed E-state index contributed by atoms with van der Waals surface area (Å²) in [6.45, 7) is 0. The first-order chi connectivity index (χ1) is 17.1. The lowest BCUT2D eigenvalue weighted by Gasteiger charge is -2.35. The molecule has 4 aromatic rings. The second-order valence-corrected chi connectivity index (χ2v) is 9.18. The Morgan fingerprint density at radius 1 is 0.800 bits per heavy atom. The van der Waals surface area contributed by atoms with Crippen molar-refractivity contribution in [3.63, 3.8) is 0 Å². The van der Waals surface area contributed by atoms with Crippen LogP contribution in [0.4, 0.5) is 5.69 Å². The summed E-state index contributed by atoms with van der Waals surface area (Å²) < 4.78 is 5.43. The molecule has 0 aliphatic carbocycles. The van der Waals surface area contributed by atoms with E-state index < -0.39 is 23.9 Å². The van der Waals surface area contributed by atoms with Crippen molar-refractivity contribution in [1.82, 2.24) is 4.90 Å². The van der Waals surface area contributed by atoms with Crippen molar-refractivity contribution >= 4 is 40.1 Å². The molecule has 170 valence electrons. The van der Waals surface area contributed by atoms with E-state index in [1.165, 1.54) is 11.2 Å². The fourth-order valence-corrected chi connectivity index (χ4v) is 6.06. The molecule has 3 aliphatic rings. The molecule has 2 saturated heterocycles. The zero-order valence-electron chi connectivity index (χ0n) is 18.6. The maximum atomic E-state index is 14.1. The second kappa shape index (κ2) is 7.27. The van der Waals surface area contributed by atoms with E-state index >= 15 is 0 Å². The van der Waals surface area contributed by atoms with Gasteiger partial charge in [0.25, 0.3) is 0 Å². The van der Waals surface area contributed by atoms with E-state index in [1.54, 1.807) is 18.2 Å². The van der Waals surface area contributed by atoms with Gasteiger partial charge in [0.15, 0.2) is 5.76 Å². The van der Waals surface area contributed by atoms with E-state index in [-0.39, 0.29) is 23.4 Å². The van der Waals surface area contributed by atoms with Crippen molar-refractivity contribution in [3.8, 4) is 0 Å². The quantitative estimate of drug-likeness (QED) is 0.324. The number of benzene rings is 3. The highest BCUT2D eigenvalue weighted by Gasteiger charge is 2.65. The van der Waals surface area contributed by atoms with E-state index in [4.69, 9.17) is 4.42 Å². The second-order valence-electron chi connectivity index (χ2n) is 9.18. The molecular formula is C29H20N2O4. The molecule has 35 heavy (non-hydrogen) atoms. The van der Waals surface area contributed by atoms with Crippen molar-refractivity contribution < 1.29 is 18.8 Å². The summed E-state index contributed by atoms with van der Waals surface area (Å²) in [5.41, 5.74) is 2.49. The molecule has 1 aromatic heterocycles. The number of hydrogen-bond acceptors (Lipinski definition) is 5. The number of imide groups is 1. The lowest BCUT2D eigenvalue weighted by atomic mass is 9.84.